The van der Waals surface area contributed by atoms with E-state index in [1.165, 1.54) is 0 Å². The maximum absolute atomic E-state index is 13.0. The van der Waals surface area contributed by atoms with Gasteiger partial charge in [0.2, 0.25) is 0 Å². The predicted molar refractivity (Wildman–Crippen MR) is 101 cm³/mol. The summed E-state index contributed by atoms with van der Waals surface area (Å²) in [6.45, 7) is 0. The van der Waals surface area contributed by atoms with E-state index in [1.54, 1.807) is 0 Å². The van der Waals surface area contributed by atoms with Crippen molar-refractivity contribution in [1.29, 1.82) is 0 Å². The lowest BCUT2D eigenvalue weighted by Crippen LogP contribution is -2.46. The zero-order chi connectivity index (χ0) is 22.8. The molecule has 1 amide bonds. The molecular formula is C17H14F6N6OS. The second kappa shape index (κ2) is 8.53. The Balaban J connectivity index is 1.71. The number of thiocarbonyl (C=S) groups is 1. The average Bonchev–Trinajstić information content (AvgIpc) is 3.36. The maximum Gasteiger partial charge on any atom is 0.416 e. The van der Waals surface area contributed by atoms with E-state index < -0.39 is 35.0 Å². The van der Waals surface area contributed by atoms with Gasteiger partial charge < -0.3 is 5.32 Å². The van der Waals surface area contributed by atoms with Crippen LogP contribution in [-0.2, 0) is 17.1 Å². The molecule has 2 aromatic rings. The molecule has 0 unspecified atom stereocenters. The molecule has 0 saturated heterocycles. The van der Waals surface area contributed by atoms with E-state index in [0.29, 0.717) is 12.1 Å². The molecule has 0 atom stereocenters. The molecule has 0 spiro atoms. The predicted octanol–water partition coefficient (Wildman–Crippen LogP) is 3.11. The number of hydrogen-bond acceptors (Lipinski definition) is 4. The number of carbonyl (C=O) groups excluding carboxylic acids is 1. The van der Waals surface area contributed by atoms with Crippen molar-refractivity contribution in [3.05, 3.63) is 41.7 Å². The Morgan fingerprint density at radius 3 is 2.23 bits per heavy atom. The lowest BCUT2D eigenvalue weighted by molar-refractivity contribution is -0.143. The third-order valence-electron chi connectivity index (χ3n) is 3.94. The standard InChI is InChI=1S/C17H14F6N6OS/c18-16(19,20)10-5-9(6-11(7-10)17(21,22)23)14-24-8-29(28-14)4-3-13(30)26-27-15(31)25-12-1-2-12/h3-8,12H,1-2H2,(H,26,30)(H2,25,27,31). The molecule has 3 rings (SSSR count). The largest absolute Gasteiger partial charge is 0.416 e. The van der Waals surface area contributed by atoms with Crippen LogP contribution in [0.15, 0.2) is 30.6 Å². The van der Waals surface area contributed by atoms with Crippen LogP contribution in [0.4, 0.5) is 26.3 Å². The summed E-state index contributed by atoms with van der Waals surface area (Å²) in [7, 11) is 0. The van der Waals surface area contributed by atoms with Crippen LogP contribution in [-0.4, -0.2) is 31.8 Å². The first-order chi connectivity index (χ1) is 14.4. The first kappa shape index (κ1) is 22.5. The lowest BCUT2D eigenvalue weighted by Gasteiger charge is -2.13. The van der Waals surface area contributed by atoms with E-state index >= 15 is 0 Å². The van der Waals surface area contributed by atoms with Gasteiger partial charge in [0.15, 0.2) is 10.9 Å². The fourth-order valence-electron chi connectivity index (χ4n) is 2.32. The molecule has 31 heavy (non-hydrogen) atoms. The minimum Gasteiger partial charge on any atom is -0.359 e. The molecular weight excluding hydrogens is 450 g/mol. The van der Waals surface area contributed by atoms with E-state index in [-0.39, 0.29) is 23.0 Å². The fraction of sp³-hybridized carbons (Fsp3) is 0.294. The Morgan fingerprint density at radius 2 is 1.68 bits per heavy atom. The highest BCUT2D eigenvalue weighted by molar-refractivity contribution is 7.80. The van der Waals surface area contributed by atoms with Crippen molar-refractivity contribution in [3.8, 4) is 11.4 Å². The van der Waals surface area contributed by atoms with Crippen LogP contribution in [0.2, 0.25) is 0 Å². The highest BCUT2D eigenvalue weighted by atomic mass is 32.1. The Labute approximate surface area is 176 Å². The van der Waals surface area contributed by atoms with Crippen molar-refractivity contribution in [2.24, 2.45) is 0 Å². The minimum atomic E-state index is -4.99. The first-order valence-electron chi connectivity index (χ1n) is 8.67. The van der Waals surface area contributed by atoms with Crippen LogP contribution in [0.5, 0.6) is 0 Å². The number of hydrogen-bond donors (Lipinski definition) is 3. The second-order valence-corrected chi connectivity index (χ2v) is 6.93. The monoisotopic (exact) mass is 464 g/mol. The van der Waals surface area contributed by atoms with Gasteiger partial charge in [0.05, 0.1) is 11.1 Å². The summed E-state index contributed by atoms with van der Waals surface area (Å²) in [4.78, 5) is 15.5. The maximum atomic E-state index is 13.0. The summed E-state index contributed by atoms with van der Waals surface area (Å²) < 4.78 is 78.8. The molecule has 1 heterocycles. The van der Waals surface area contributed by atoms with Gasteiger partial charge in [-0.25, -0.2) is 9.67 Å². The fourth-order valence-corrected chi connectivity index (χ4v) is 2.53. The van der Waals surface area contributed by atoms with Crippen molar-refractivity contribution >= 4 is 29.4 Å². The number of nitrogens with one attached hydrogen (secondary N) is 3. The van der Waals surface area contributed by atoms with Crippen molar-refractivity contribution in [1.82, 2.24) is 30.9 Å². The van der Waals surface area contributed by atoms with Crippen molar-refractivity contribution in [3.63, 3.8) is 0 Å². The molecule has 0 aliphatic heterocycles. The number of halogens is 6. The number of benzene rings is 1. The number of aromatic nitrogens is 3. The first-order valence-corrected chi connectivity index (χ1v) is 9.08. The van der Waals surface area contributed by atoms with E-state index in [2.05, 4.69) is 26.3 Å². The van der Waals surface area contributed by atoms with Crippen LogP contribution in [0.3, 0.4) is 0 Å². The number of rotatable bonds is 4. The van der Waals surface area contributed by atoms with Gasteiger partial charge in [0, 0.05) is 23.9 Å². The molecule has 7 nitrogen and oxygen atoms in total. The summed E-state index contributed by atoms with van der Waals surface area (Å²) in [5.41, 5.74) is 1.32. The topological polar surface area (TPSA) is 83.9 Å². The van der Waals surface area contributed by atoms with Crippen LogP contribution < -0.4 is 16.2 Å². The van der Waals surface area contributed by atoms with Gasteiger partial charge in [-0.3, -0.25) is 15.6 Å². The number of hydrazine groups is 1. The molecule has 1 aromatic carbocycles. The third kappa shape index (κ3) is 6.41. The van der Waals surface area contributed by atoms with Crippen LogP contribution in [0.25, 0.3) is 17.6 Å². The number of carbonyl (C=O) groups is 1. The molecule has 1 saturated carbocycles. The molecule has 166 valence electrons. The van der Waals surface area contributed by atoms with Crippen LogP contribution in [0.1, 0.15) is 24.0 Å². The zero-order valence-electron chi connectivity index (χ0n) is 15.4. The van der Waals surface area contributed by atoms with Crippen molar-refractivity contribution < 1.29 is 31.1 Å². The van der Waals surface area contributed by atoms with Gasteiger partial charge in [0.25, 0.3) is 5.91 Å². The summed E-state index contributed by atoms with van der Waals surface area (Å²) in [5.74, 6) is -1.01. The molecule has 1 aromatic heterocycles. The van der Waals surface area contributed by atoms with Gasteiger partial charge >= 0.3 is 12.4 Å². The number of amides is 1. The third-order valence-corrected chi connectivity index (χ3v) is 4.16. The van der Waals surface area contributed by atoms with Gasteiger partial charge in [-0.15, -0.1) is 5.10 Å². The van der Waals surface area contributed by atoms with E-state index in [4.69, 9.17) is 12.2 Å². The molecule has 3 N–H and O–H groups in total. The summed E-state index contributed by atoms with van der Waals surface area (Å²) in [6.07, 6.45) is -4.85. The van der Waals surface area contributed by atoms with Crippen LogP contribution >= 0.6 is 12.2 Å². The molecule has 0 radical (unpaired) electrons. The van der Waals surface area contributed by atoms with E-state index in [0.717, 1.165) is 36.1 Å². The molecule has 14 heteroatoms. The Morgan fingerprint density at radius 1 is 1.06 bits per heavy atom. The molecule has 1 fully saturated rings. The summed E-state index contributed by atoms with van der Waals surface area (Å²) in [5, 5.41) is 6.95. The van der Waals surface area contributed by atoms with Gasteiger partial charge in [0.1, 0.15) is 6.33 Å². The van der Waals surface area contributed by atoms with Crippen molar-refractivity contribution in [2.75, 3.05) is 0 Å². The Hall–Kier alpha value is -3.16. The summed E-state index contributed by atoms with van der Waals surface area (Å²) in [6, 6.07) is 1.33. The molecule has 0 bridgehead atoms. The second-order valence-electron chi connectivity index (χ2n) is 6.52. The normalized spacial score (nSPS) is 14.5. The van der Waals surface area contributed by atoms with Crippen molar-refractivity contribution in [2.45, 2.75) is 31.2 Å². The SMILES string of the molecule is O=C(C=Cn1cnc(-c2cc(C(F)(F)F)cc(C(F)(F)F)c2)n1)NNC(=S)NC1CC1. The van der Waals surface area contributed by atoms with E-state index in [9.17, 15) is 31.1 Å². The molecule has 1 aliphatic rings. The highest BCUT2D eigenvalue weighted by Gasteiger charge is 2.37. The highest BCUT2D eigenvalue weighted by Crippen LogP contribution is 2.38. The van der Waals surface area contributed by atoms with Gasteiger partial charge in [-0.1, -0.05) is 0 Å². The van der Waals surface area contributed by atoms with Gasteiger partial charge in [-0.05, 0) is 43.3 Å². The van der Waals surface area contributed by atoms with E-state index in [1.807, 2.05) is 0 Å². The quantitative estimate of drug-likeness (QED) is 0.279. The Bertz CT molecular complexity index is 979. The smallest absolute Gasteiger partial charge is 0.359 e. The number of nitrogens with zero attached hydrogens (tertiary/aromatic N) is 3. The summed E-state index contributed by atoms with van der Waals surface area (Å²) >= 11 is 4.95. The molecule has 1 aliphatic carbocycles. The zero-order valence-corrected chi connectivity index (χ0v) is 16.2. The van der Waals surface area contributed by atoms with Gasteiger partial charge in [-0.2, -0.15) is 26.3 Å². The number of alkyl halides is 6. The Kier molecular flexibility index (Phi) is 6.20. The van der Waals surface area contributed by atoms with Crippen LogP contribution in [0, 0.1) is 0 Å². The lowest BCUT2D eigenvalue weighted by atomic mass is 10.0. The minimum absolute atomic E-state index is 0.0141. The average molecular weight is 464 g/mol.